The van der Waals surface area contributed by atoms with Gasteiger partial charge in [0.25, 0.3) is 0 Å². The van der Waals surface area contributed by atoms with Crippen molar-refractivity contribution in [3.8, 4) is 0 Å². The fourth-order valence-corrected chi connectivity index (χ4v) is 1.46. The summed E-state index contributed by atoms with van der Waals surface area (Å²) in [5.74, 6) is 0.847. The molecule has 15 heavy (non-hydrogen) atoms. The molecular weight excluding hydrogens is 212 g/mol. The van der Waals surface area contributed by atoms with Gasteiger partial charge in [0.15, 0.2) is 5.96 Å². The summed E-state index contributed by atoms with van der Waals surface area (Å²) in [4.78, 5) is 8.47. The first-order chi connectivity index (χ1) is 7.24. The molecule has 80 valence electrons. The number of aliphatic imine (C=N–C) groups is 1. The maximum Gasteiger partial charge on any atom is 0.191 e. The molecule has 2 rings (SSSR count). The maximum absolute atomic E-state index is 5.74. The number of rotatable bonds is 2. The first-order valence-corrected chi connectivity index (χ1v) is 5.27. The third-order valence-corrected chi connectivity index (χ3v) is 2.36. The van der Waals surface area contributed by atoms with E-state index in [-0.39, 0.29) is 0 Å². The Balaban J connectivity index is 1.86. The lowest BCUT2D eigenvalue weighted by atomic mass is 10.3. The molecule has 0 aromatic carbocycles. The van der Waals surface area contributed by atoms with Gasteiger partial charge < -0.3 is 10.6 Å². The van der Waals surface area contributed by atoms with Crippen molar-refractivity contribution in [2.24, 2.45) is 4.99 Å². The van der Waals surface area contributed by atoms with E-state index in [0.717, 1.165) is 18.2 Å². The molecule has 1 unspecified atom stereocenters. The Labute approximate surface area is 93.8 Å². The number of nitrogens with zero attached hydrogens (tertiary/aromatic N) is 2. The summed E-state index contributed by atoms with van der Waals surface area (Å²) < 4.78 is 0. The van der Waals surface area contributed by atoms with Gasteiger partial charge in [-0.1, -0.05) is 11.6 Å². The minimum Gasteiger partial charge on any atom is -0.352 e. The summed E-state index contributed by atoms with van der Waals surface area (Å²) in [6.45, 7) is 3.59. The average molecular weight is 225 g/mol. The molecule has 2 N–H and O–H groups in total. The Morgan fingerprint density at radius 1 is 1.60 bits per heavy atom. The molecule has 5 heteroatoms. The first-order valence-electron chi connectivity index (χ1n) is 4.89. The zero-order valence-corrected chi connectivity index (χ0v) is 9.25. The Bertz CT molecular complexity index is 360. The molecular formula is C10H13ClN4. The number of halogens is 1. The van der Waals surface area contributed by atoms with Gasteiger partial charge in [0.1, 0.15) is 0 Å². The van der Waals surface area contributed by atoms with Crippen LogP contribution in [0.15, 0.2) is 23.3 Å². The van der Waals surface area contributed by atoms with E-state index in [0.29, 0.717) is 17.6 Å². The summed E-state index contributed by atoms with van der Waals surface area (Å²) >= 11 is 5.74. The fourth-order valence-electron chi connectivity index (χ4n) is 1.35. The van der Waals surface area contributed by atoms with E-state index in [2.05, 4.69) is 27.5 Å². The molecule has 0 spiro atoms. The van der Waals surface area contributed by atoms with Crippen molar-refractivity contribution in [1.29, 1.82) is 0 Å². The Kier molecular flexibility index (Phi) is 3.06. The van der Waals surface area contributed by atoms with E-state index in [1.54, 1.807) is 6.20 Å². The molecule has 1 atom stereocenters. The van der Waals surface area contributed by atoms with Crippen molar-refractivity contribution in [1.82, 2.24) is 15.6 Å². The molecule has 0 bridgehead atoms. The van der Waals surface area contributed by atoms with Gasteiger partial charge in [-0.2, -0.15) is 0 Å². The molecule has 1 aliphatic heterocycles. The predicted octanol–water partition coefficient (Wildman–Crippen LogP) is 1.17. The van der Waals surface area contributed by atoms with Crippen LogP contribution in [0.25, 0.3) is 0 Å². The van der Waals surface area contributed by atoms with Crippen molar-refractivity contribution < 1.29 is 0 Å². The van der Waals surface area contributed by atoms with Crippen molar-refractivity contribution in [2.45, 2.75) is 19.5 Å². The van der Waals surface area contributed by atoms with E-state index in [9.17, 15) is 0 Å². The normalized spacial score (nSPS) is 19.6. The third kappa shape index (κ3) is 2.83. The molecule has 1 aliphatic rings. The van der Waals surface area contributed by atoms with Crippen LogP contribution in [0, 0.1) is 0 Å². The Morgan fingerprint density at radius 2 is 2.47 bits per heavy atom. The standard InChI is InChI=1S/C10H13ClN4/c1-7-4-13-10(15-7)14-6-9-3-2-8(11)5-12-9/h2-3,5,7H,4,6H2,1H3,(H2,13,14,15). The van der Waals surface area contributed by atoms with Crippen LogP contribution < -0.4 is 10.6 Å². The van der Waals surface area contributed by atoms with Gasteiger partial charge >= 0.3 is 0 Å². The highest BCUT2D eigenvalue weighted by Crippen LogP contribution is 2.05. The monoisotopic (exact) mass is 224 g/mol. The lowest BCUT2D eigenvalue weighted by molar-refractivity contribution is 0.712. The van der Waals surface area contributed by atoms with E-state index in [1.807, 2.05) is 12.1 Å². The summed E-state index contributed by atoms with van der Waals surface area (Å²) in [7, 11) is 0. The lowest BCUT2D eigenvalue weighted by Crippen LogP contribution is -2.37. The van der Waals surface area contributed by atoms with Crippen molar-refractivity contribution in [3.05, 3.63) is 29.0 Å². The first kappa shape index (κ1) is 10.2. The highest BCUT2D eigenvalue weighted by molar-refractivity contribution is 6.30. The smallest absolute Gasteiger partial charge is 0.191 e. The zero-order valence-electron chi connectivity index (χ0n) is 8.50. The second-order valence-corrected chi connectivity index (χ2v) is 3.99. The van der Waals surface area contributed by atoms with E-state index in [4.69, 9.17) is 11.6 Å². The van der Waals surface area contributed by atoms with Crippen LogP contribution >= 0.6 is 11.6 Å². The number of nitrogens with one attached hydrogen (secondary N) is 2. The number of guanidine groups is 1. The number of aromatic nitrogens is 1. The summed E-state index contributed by atoms with van der Waals surface area (Å²) in [6.07, 6.45) is 1.64. The molecule has 0 fully saturated rings. The summed E-state index contributed by atoms with van der Waals surface area (Å²) in [5.41, 5.74) is 0.948. The molecule has 2 heterocycles. The number of pyridine rings is 1. The van der Waals surface area contributed by atoms with Gasteiger partial charge in [-0.15, -0.1) is 0 Å². The van der Waals surface area contributed by atoms with Gasteiger partial charge in [-0.25, -0.2) is 0 Å². The van der Waals surface area contributed by atoms with Gasteiger partial charge in [0, 0.05) is 12.2 Å². The molecule has 4 nitrogen and oxygen atoms in total. The fraction of sp³-hybridized carbons (Fsp3) is 0.400. The van der Waals surface area contributed by atoms with E-state index in [1.165, 1.54) is 0 Å². The molecule has 0 radical (unpaired) electrons. The van der Waals surface area contributed by atoms with Crippen LogP contribution in [0.2, 0.25) is 5.02 Å². The van der Waals surface area contributed by atoms with Gasteiger partial charge in [-0.05, 0) is 19.1 Å². The van der Waals surface area contributed by atoms with Crippen LogP contribution in [0.1, 0.15) is 12.6 Å². The molecule has 0 amide bonds. The largest absolute Gasteiger partial charge is 0.352 e. The van der Waals surface area contributed by atoms with E-state index >= 15 is 0 Å². The van der Waals surface area contributed by atoms with Crippen LogP contribution in [0.4, 0.5) is 0 Å². The average Bonchev–Trinajstić information content (AvgIpc) is 2.64. The SMILES string of the molecule is CC1CN=C(NCc2ccc(Cl)cn2)N1. The predicted molar refractivity (Wildman–Crippen MR) is 61.0 cm³/mol. The van der Waals surface area contributed by atoms with Crippen LogP contribution in [0.3, 0.4) is 0 Å². The van der Waals surface area contributed by atoms with Gasteiger partial charge in [0.2, 0.25) is 0 Å². The van der Waals surface area contributed by atoms with Crippen molar-refractivity contribution >= 4 is 17.6 Å². The van der Waals surface area contributed by atoms with Crippen LogP contribution in [-0.2, 0) is 6.54 Å². The second-order valence-electron chi connectivity index (χ2n) is 3.56. The zero-order chi connectivity index (χ0) is 10.7. The molecule has 0 saturated carbocycles. The number of hydrogen-bond donors (Lipinski definition) is 2. The van der Waals surface area contributed by atoms with Crippen LogP contribution in [0.5, 0.6) is 0 Å². The molecule has 0 saturated heterocycles. The Hall–Kier alpha value is -1.29. The Morgan fingerprint density at radius 3 is 3.07 bits per heavy atom. The summed E-state index contributed by atoms with van der Waals surface area (Å²) in [6, 6.07) is 4.15. The van der Waals surface area contributed by atoms with Crippen molar-refractivity contribution in [3.63, 3.8) is 0 Å². The van der Waals surface area contributed by atoms with Crippen LogP contribution in [-0.4, -0.2) is 23.5 Å². The molecule has 1 aromatic rings. The highest BCUT2D eigenvalue weighted by atomic mass is 35.5. The quantitative estimate of drug-likeness (QED) is 0.793. The highest BCUT2D eigenvalue weighted by Gasteiger charge is 2.11. The van der Waals surface area contributed by atoms with Crippen molar-refractivity contribution in [2.75, 3.05) is 6.54 Å². The third-order valence-electron chi connectivity index (χ3n) is 2.13. The maximum atomic E-state index is 5.74. The molecule has 1 aromatic heterocycles. The minimum atomic E-state index is 0.422. The molecule has 0 aliphatic carbocycles. The topological polar surface area (TPSA) is 49.3 Å². The minimum absolute atomic E-state index is 0.422. The number of hydrogen-bond acceptors (Lipinski definition) is 4. The lowest BCUT2D eigenvalue weighted by Gasteiger charge is -2.08. The van der Waals surface area contributed by atoms with E-state index < -0.39 is 0 Å². The van der Waals surface area contributed by atoms with Gasteiger partial charge in [-0.3, -0.25) is 9.98 Å². The summed E-state index contributed by atoms with van der Waals surface area (Å²) in [5, 5.41) is 7.06. The van der Waals surface area contributed by atoms with Gasteiger partial charge in [0.05, 0.1) is 23.8 Å². The second kappa shape index (κ2) is 4.49.